The highest BCUT2D eigenvalue weighted by molar-refractivity contribution is 6.13. The van der Waals surface area contributed by atoms with E-state index < -0.39 is 5.41 Å². The lowest BCUT2D eigenvalue weighted by molar-refractivity contribution is -0.121. The van der Waals surface area contributed by atoms with Gasteiger partial charge in [-0.2, -0.15) is 0 Å². The molecule has 1 atom stereocenters. The molecule has 6 aromatic rings. The van der Waals surface area contributed by atoms with Crippen molar-refractivity contribution in [3.05, 3.63) is 191 Å². The van der Waals surface area contributed by atoms with Crippen LogP contribution in [-0.2, 0) is 21.0 Å². The summed E-state index contributed by atoms with van der Waals surface area (Å²) < 4.78 is 0. The summed E-state index contributed by atoms with van der Waals surface area (Å²) in [5, 5.41) is 0. The lowest BCUT2D eigenvalue weighted by Crippen LogP contribution is -2.33. The third kappa shape index (κ3) is 5.81. The Kier molecular flexibility index (Phi) is 9.20. The molecule has 9 rings (SSSR count). The largest absolute Gasteiger partial charge is 0.289 e. The number of hydrogen-bond donors (Lipinski definition) is 0. The summed E-state index contributed by atoms with van der Waals surface area (Å²) >= 11 is 0. The molecule has 51 heavy (non-hydrogen) atoms. The van der Waals surface area contributed by atoms with Gasteiger partial charge in [0.05, 0.1) is 11.1 Å². The number of ketones is 1. The van der Waals surface area contributed by atoms with Crippen LogP contribution in [0.15, 0.2) is 152 Å². The average molecular weight is 673 g/mol. The molecule has 0 spiro atoms. The predicted molar refractivity (Wildman–Crippen MR) is 212 cm³/mol. The average Bonchev–Trinajstić information content (AvgIpc) is 3.50. The van der Waals surface area contributed by atoms with Crippen molar-refractivity contribution in [3.8, 4) is 11.1 Å². The fraction of sp³-hybridized carbons (Fsp3) is 0.208. The molecule has 0 saturated heterocycles. The molecular weight excluding hydrogens is 626 g/mol. The maximum atomic E-state index is 12.6. The monoisotopic (exact) mass is 672 g/mol. The number of nitrogens with zero attached hydrogens (tertiary/aromatic N) is 1. The quantitative estimate of drug-likeness (QED) is 0.163. The lowest BCUT2D eigenvalue weighted by atomic mass is 9.72. The summed E-state index contributed by atoms with van der Waals surface area (Å²) in [6, 6.07) is 51.1. The standard InChI is InChI=1S/C16H15NO.C16H14O.C15H14.CH4/c1-16(2)13-10-6-7-11-14(13)17(15(16)18)12-8-4-3-5-9-12;1-16(2)13-9-5-3-7-11(13)15(17)12-8-4-6-10-14(12)16;1-15(2)13-9-5-3-7-11(13)12-8-4-6-10-14(12)15;/h3-11H,1-2H3;3-10H,1-2H3;3-10H,1-2H3;1H4/i3*1+1;/t16-;;;/m0.../s1. The first kappa shape index (κ1) is 35.3. The van der Waals surface area contributed by atoms with Crippen molar-refractivity contribution in [1.82, 2.24) is 0 Å². The van der Waals surface area contributed by atoms with Crippen LogP contribution in [0.3, 0.4) is 0 Å². The van der Waals surface area contributed by atoms with E-state index in [-0.39, 0.29) is 29.9 Å². The normalized spacial score (nSPS) is 17.9. The third-order valence-corrected chi connectivity index (χ3v) is 10.8. The van der Waals surface area contributed by atoms with Crippen LogP contribution in [0.2, 0.25) is 0 Å². The van der Waals surface area contributed by atoms with E-state index in [0.29, 0.717) is 0 Å². The first-order valence-electron chi connectivity index (χ1n) is 17.4. The highest BCUT2D eigenvalue weighted by Gasteiger charge is 2.44. The van der Waals surface area contributed by atoms with Gasteiger partial charge in [0.25, 0.3) is 0 Å². The van der Waals surface area contributed by atoms with Gasteiger partial charge >= 0.3 is 0 Å². The number of carbonyl (C=O) groups is 2. The zero-order valence-corrected chi connectivity index (χ0v) is 29.7. The SMILES string of the molecule is C.CC1([13CH3])c2ccccc2-c2ccccc21.CC1([13CH3])c2ccccc2C(=O)c2ccccc21.C[C@]1([13CH3])C(=O)N(c2ccccc2)c2ccccc21. The van der Waals surface area contributed by atoms with Gasteiger partial charge in [-0.25, -0.2) is 0 Å². The van der Waals surface area contributed by atoms with E-state index in [4.69, 9.17) is 0 Å². The van der Waals surface area contributed by atoms with Gasteiger partial charge in [0, 0.05) is 27.6 Å². The molecule has 1 amide bonds. The van der Waals surface area contributed by atoms with Gasteiger partial charge in [-0.1, -0.05) is 169 Å². The second-order valence-electron chi connectivity index (χ2n) is 14.9. The predicted octanol–water partition coefficient (Wildman–Crippen LogP) is 11.8. The smallest absolute Gasteiger partial charge is 0.241 e. The highest BCUT2D eigenvalue weighted by atomic mass is 16.2. The fourth-order valence-electron chi connectivity index (χ4n) is 7.95. The van der Waals surface area contributed by atoms with Gasteiger partial charge < -0.3 is 0 Å². The first-order chi connectivity index (χ1) is 24.0. The van der Waals surface area contributed by atoms with E-state index >= 15 is 0 Å². The zero-order valence-electron chi connectivity index (χ0n) is 29.7. The van der Waals surface area contributed by atoms with Crippen LogP contribution < -0.4 is 4.90 Å². The number of carbonyl (C=O) groups excluding carboxylic acids is 2. The number of hydrogen-bond acceptors (Lipinski definition) is 2. The van der Waals surface area contributed by atoms with Crippen molar-refractivity contribution in [2.24, 2.45) is 0 Å². The van der Waals surface area contributed by atoms with Gasteiger partial charge in [0.15, 0.2) is 5.78 Å². The maximum Gasteiger partial charge on any atom is 0.241 e. The van der Waals surface area contributed by atoms with E-state index in [1.807, 2.05) is 110 Å². The molecule has 1 aliphatic heterocycles. The summed E-state index contributed by atoms with van der Waals surface area (Å²) in [6.07, 6.45) is 0. The molecule has 3 aliphatic rings. The molecule has 0 radical (unpaired) electrons. The van der Waals surface area contributed by atoms with Gasteiger partial charge in [0.1, 0.15) is 0 Å². The number of amides is 1. The van der Waals surface area contributed by atoms with Crippen molar-refractivity contribution in [1.29, 1.82) is 0 Å². The Morgan fingerprint density at radius 3 is 1.16 bits per heavy atom. The van der Waals surface area contributed by atoms with E-state index in [0.717, 1.165) is 39.2 Å². The second-order valence-corrected chi connectivity index (χ2v) is 14.9. The first-order valence-corrected chi connectivity index (χ1v) is 17.4. The molecule has 0 saturated carbocycles. The molecule has 3 heteroatoms. The Morgan fingerprint density at radius 1 is 0.373 bits per heavy atom. The van der Waals surface area contributed by atoms with Crippen molar-refractivity contribution < 1.29 is 9.59 Å². The number of benzene rings is 6. The summed E-state index contributed by atoms with van der Waals surface area (Å²) in [4.78, 5) is 26.8. The van der Waals surface area contributed by atoms with E-state index in [1.54, 1.807) is 0 Å². The van der Waals surface area contributed by atoms with Crippen molar-refractivity contribution in [2.45, 2.75) is 65.2 Å². The molecule has 1 heterocycles. The van der Waals surface area contributed by atoms with Crippen LogP contribution in [0.25, 0.3) is 11.1 Å². The Morgan fingerprint density at radius 2 is 0.706 bits per heavy atom. The Balaban J connectivity index is 0.000000131. The van der Waals surface area contributed by atoms with Crippen molar-refractivity contribution in [2.75, 3.05) is 4.90 Å². The van der Waals surface area contributed by atoms with Gasteiger partial charge in [0.2, 0.25) is 5.91 Å². The van der Waals surface area contributed by atoms with E-state index in [2.05, 4.69) is 88.4 Å². The van der Waals surface area contributed by atoms with Crippen LogP contribution in [0.5, 0.6) is 0 Å². The number of para-hydroxylation sites is 2. The van der Waals surface area contributed by atoms with Crippen molar-refractivity contribution in [3.63, 3.8) is 0 Å². The van der Waals surface area contributed by atoms with Crippen LogP contribution in [0.1, 0.15) is 92.7 Å². The minimum Gasteiger partial charge on any atom is -0.289 e. The van der Waals surface area contributed by atoms with Crippen molar-refractivity contribution >= 4 is 23.1 Å². The molecular formula is C48H47NO2. The number of anilines is 2. The molecule has 6 aromatic carbocycles. The van der Waals surface area contributed by atoms with Crippen LogP contribution in [0, 0.1) is 0 Å². The van der Waals surface area contributed by atoms with Gasteiger partial charge in [-0.3, -0.25) is 14.5 Å². The molecule has 0 N–H and O–H groups in total. The summed E-state index contributed by atoms with van der Waals surface area (Å²) in [5.74, 6) is 0.283. The van der Waals surface area contributed by atoms with E-state index in [9.17, 15) is 9.59 Å². The topological polar surface area (TPSA) is 37.4 Å². The Labute approximate surface area is 303 Å². The minimum absolute atomic E-state index is 0. The zero-order chi connectivity index (χ0) is 35.3. The molecule has 256 valence electrons. The highest BCUT2D eigenvalue weighted by Crippen LogP contribution is 2.48. The summed E-state index contributed by atoms with van der Waals surface area (Å²) in [7, 11) is 0. The van der Waals surface area contributed by atoms with Gasteiger partial charge in [-0.05, 0) is 71.0 Å². The molecule has 0 bridgehead atoms. The third-order valence-electron chi connectivity index (χ3n) is 10.8. The molecule has 0 fully saturated rings. The maximum absolute atomic E-state index is 12.6. The molecule has 2 aliphatic carbocycles. The van der Waals surface area contributed by atoms with Crippen LogP contribution >= 0.6 is 0 Å². The Hall–Kier alpha value is -5.54. The van der Waals surface area contributed by atoms with E-state index in [1.165, 1.54) is 22.3 Å². The molecule has 0 unspecified atom stereocenters. The second kappa shape index (κ2) is 13.3. The molecule has 3 nitrogen and oxygen atoms in total. The lowest BCUT2D eigenvalue weighted by Gasteiger charge is -2.34. The van der Waals surface area contributed by atoms with Crippen LogP contribution in [0.4, 0.5) is 11.4 Å². The van der Waals surface area contributed by atoms with Gasteiger partial charge in [-0.15, -0.1) is 0 Å². The number of fused-ring (bicyclic) bond motifs is 6. The molecule has 0 aromatic heterocycles. The Bertz CT molecular complexity index is 2140. The fourth-order valence-corrected chi connectivity index (χ4v) is 7.95. The number of rotatable bonds is 1. The minimum atomic E-state index is -0.452. The summed E-state index contributed by atoms with van der Waals surface area (Å²) in [6.45, 7) is 12.9. The van der Waals surface area contributed by atoms with Crippen LogP contribution in [-0.4, -0.2) is 11.7 Å². The summed E-state index contributed by atoms with van der Waals surface area (Å²) in [5.41, 5.74) is 12.3.